The molecule has 1 aliphatic heterocycles. The Hall–Kier alpha value is 0.210. The molecule has 1 aliphatic rings. The third-order valence-corrected chi connectivity index (χ3v) is 2.57. The fraction of sp³-hybridized carbons (Fsp3) is 1.00. The Kier molecular flexibility index (Phi) is 4.96. The largest absolute Gasteiger partial charge is 0.381 e. The molecule has 0 saturated carbocycles. The van der Waals surface area contributed by atoms with Crippen molar-refractivity contribution in [3.63, 3.8) is 0 Å². The molecule has 0 bridgehead atoms. The Labute approximate surface area is 79.2 Å². The average molecular weight is 193 g/mol. The van der Waals surface area contributed by atoms with Crippen LogP contribution < -0.4 is 0 Å². The first-order valence-electron chi connectivity index (χ1n) is 4.54. The zero-order chi connectivity index (χ0) is 8.81. The number of rotatable bonds is 5. The lowest BCUT2D eigenvalue weighted by molar-refractivity contribution is 0.0736. The van der Waals surface area contributed by atoms with Crippen molar-refractivity contribution in [2.75, 3.05) is 32.3 Å². The van der Waals surface area contributed by atoms with E-state index in [9.17, 15) is 0 Å². The minimum Gasteiger partial charge on any atom is -0.381 e. The number of ether oxygens (including phenoxy) is 2. The van der Waals surface area contributed by atoms with Crippen molar-refractivity contribution in [3.8, 4) is 0 Å². The van der Waals surface area contributed by atoms with Gasteiger partial charge in [0.1, 0.15) is 0 Å². The van der Waals surface area contributed by atoms with Gasteiger partial charge in [0, 0.05) is 18.4 Å². The first-order valence-corrected chi connectivity index (χ1v) is 5.08. The van der Waals surface area contributed by atoms with Crippen molar-refractivity contribution in [2.45, 2.75) is 13.3 Å². The van der Waals surface area contributed by atoms with Gasteiger partial charge in [0.25, 0.3) is 0 Å². The molecule has 0 spiro atoms. The second-order valence-electron chi connectivity index (χ2n) is 3.53. The highest BCUT2D eigenvalue weighted by Gasteiger charge is 2.15. The highest BCUT2D eigenvalue weighted by atomic mass is 35.5. The monoisotopic (exact) mass is 192 g/mol. The Morgan fingerprint density at radius 2 is 2.50 bits per heavy atom. The zero-order valence-electron chi connectivity index (χ0n) is 7.59. The smallest absolute Gasteiger partial charge is 0.0517 e. The van der Waals surface area contributed by atoms with E-state index in [0.29, 0.717) is 17.7 Å². The van der Waals surface area contributed by atoms with Gasteiger partial charge < -0.3 is 9.47 Å². The van der Waals surface area contributed by atoms with Gasteiger partial charge in [-0.3, -0.25) is 0 Å². The summed E-state index contributed by atoms with van der Waals surface area (Å²) in [6.45, 7) is 5.48. The molecule has 1 rings (SSSR count). The van der Waals surface area contributed by atoms with E-state index in [4.69, 9.17) is 21.1 Å². The lowest BCUT2D eigenvalue weighted by Crippen LogP contribution is -2.14. The molecule has 12 heavy (non-hydrogen) atoms. The molecule has 1 saturated heterocycles. The summed E-state index contributed by atoms with van der Waals surface area (Å²) >= 11 is 5.64. The van der Waals surface area contributed by atoms with E-state index in [0.717, 1.165) is 32.8 Å². The molecule has 3 heteroatoms. The van der Waals surface area contributed by atoms with Crippen LogP contribution in [-0.2, 0) is 9.47 Å². The quantitative estimate of drug-likeness (QED) is 0.620. The van der Waals surface area contributed by atoms with E-state index < -0.39 is 0 Å². The second kappa shape index (κ2) is 5.79. The molecule has 0 aromatic heterocycles. The molecule has 0 N–H and O–H groups in total. The van der Waals surface area contributed by atoms with Crippen LogP contribution in [0.2, 0.25) is 0 Å². The van der Waals surface area contributed by atoms with E-state index in [1.807, 2.05) is 0 Å². The van der Waals surface area contributed by atoms with Crippen molar-refractivity contribution >= 4 is 11.6 Å². The molecule has 72 valence electrons. The molecule has 2 nitrogen and oxygen atoms in total. The minimum absolute atomic E-state index is 0.467. The number of hydrogen-bond donors (Lipinski definition) is 0. The Balaban J connectivity index is 1.94. The summed E-state index contributed by atoms with van der Waals surface area (Å²) in [5, 5.41) is 0. The van der Waals surface area contributed by atoms with Crippen molar-refractivity contribution in [2.24, 2.45) is 11.8 Å². The predicted molar refractivity (Wildman–Crippen MR) is 49.6 cm³/mol. The number of alkyl halides is 1. The summed E-state index contributed by atoms with van der Waals surface area (Å²) in [5.41, 5.74) is 0. The maximum Gasteiger partial charge on any atom is 0.0517 e. The summed E-state index contributed by atoms with van der Waals surface area (Å²) in [6, 6.07) is 0. The summed E-state index contributed by atoms with van der Waals surface area (Å²) in [6.07, 6.45) is 1.15. The van der Waals surface area contributed by atoms with Crippen LogP contribution in [0.15, 0.2) is 0 Å². The van der Waals surface area contributed by atoms with Crippen LogP contribution in [0.5, 0.6) is 0 Å². The van der Waals surface area contributed by atoms with Crippen molar-refractivity contribution in [1.29, 1.82) is 0 Å². The zero-order valence-corrected chi connectivity index (χ0v) is 8.35. The molecule has 1 heterocycles. The number of halogens is 1. The molecule has 0 radical (unpaired) electrons. The average Bonchev–Trinajstić information content (AvgIpc) is 2.57. The van der Waals surface area contributed by atoms with Crippen molar-refractivity contribution in [1.82, 2.24) is 0 Å². The Bertz CT molecular complexity index is 113. The van der Waals surface area contributed by atoms with Gasteiger partial charge in [-0.15, -0.1) is 11.6 Å². The second-order valence-corrected chi connectivity index (χ2v) is 3.84. The summed E-state index contributed by atoms with van der Waals surface area (Å²) in [5.74, 6) is 1.77. The first kappa shape index (κ1) is 10.3. The molecular formula is C9H17ClO2. The molecule has 0 amide bonds. The van der Waals surface area contributed by atoms with Gasteiger partial charge in [0.05, 0.1) is 19.8 Å². The molecule has 0 aliphatic carbocycles. The maximum atomic E-state index is 5.64. The van der Waals surface area contributed by atoms with Crippen LogP contribution in [-0.4, -0.2) is 32.3 Å². The van der Waals surface area contributed by atoms with Gasteiger partial charge in [-0.2, -0.15) is 0 Å². The van der Waals surface area contributed by atoms with E-state index in [1.165, 1.54) is 0 Å². The van der Waals surface area contributed by atoms with Gasteiger partial charge in [0.15, 0.2) is 0 Å². The SMILES string of the molecule is CC(CCl)COCC1CCOC1. The van der Waals surface area contributed by atoms with Gasteiger partial charge in [-0.1, -0.05) is 6.92 Å². The predicted octanol–water partition coefficient (Wildman–Crippen LogP) is 1.91. The highest BCUT2D eigenvalue weighted by Crippen LogP contribution is 2.12. The van der Waals surface area contributed by atoms with E-state index >= 15 is 0 Å². The lowest BCUT2D eigenvalue weighted by atomic mass is 10.1. The third-order valence-electron chi connectivity index (χ3n) is 2.04. The van der Waals surface area contributed by atoms with E-state index in [2.05, 4.69) is 6.92 Å². The highest BCUT2D eigenvalue weighted by molar-refractivity contribution is 6.18. The first-order chi connectivity index (χ1) is 5.83. The van der Waals surface area contributed by atoms with Gasteiger partial charge >= 0.3 is 0 Å². The molecule has 1 fully saturated rings. The van der Waals surface area contributed by atoms with Gasteiger partial charge in [-0.25, -0.2) is 0 Å². The standard InChI is InChI=1S/C9H17ClO2/c1-8(4-10)5-12-7-9-2-3-11-6-9/h8-9H,2-7H2,1H3. The van der Waals surface area contributed by atoms with E-state index in [-0.39, 0.29) is 0 Å². The maximum absolute atomic E-state index is 5.64. The third kappa shape index (κ3) is 3.74. The normalized spacial score (nSPS) is 26.0. The minimum atomic E-state index is 0.467. The van der Waals surface area contributed by atoms with Crippen LogP contribution in [0.4, 0.5) is 0 Å². The summed E-state index contributed by atoms with van der Waals surface area (Å²) < 4.78 is 10.7. The van der Waals surface area contributed by atoms with Crippen LogP contribution >= 0.6 is 11.6 Å². The molecule has 2 atom stereocenters. The van der Waals surface area contributed by atoms with Gasteiger partial charge in [-0.05, 0) is 12.3 Å². The van der Waals surface area contributed by atoms with Crippen LogP contribution in [0, 0.1) is 11.8 Å². The topological polar surface area (TPSA) is 18.5 Å². The van der Waals surface area contributed by atoms with Crippen molar-refractivity contribution in [3.05, 3.63) is 0 Å². The molecule has 0 aromatic rings. The molecule has 0 aromatic carbocycles. The van der Waals surface area contributed by atoms with Crippen molar-refractivity contribution < 1.29 is 9.47 Å². The molecule has 2 unspecified atom stereocenters. The van der Waals surface area contributed by atoms with Crippen LogP contribution in [0.25, 0.3) is 0 Å². The Morgan fingerprint density at radius 1 is 1.67 bits per heavy atom. The summed E-state index contributed by atoms with van der Waals surface area (Å²) in [7, 11) is 0. The number of hydrogen-bond acceptors (Lipinski definition) is 2. The van der Waals surface area contributed by atoms with E-state index in [1.54, 1.807) is 0 Å². The molecular weight excluding hydrogens is 176 g/mol. The van der Waals surface area contributed by atoms with Crippen LogP contribution in [0.1, 0.15) is 13.3 Å². The van der Waals surface area contributed by atoms with Gasteiger partial charge in [0.2, 0.25) is 0 Å². The lowest BCUT2D eigenvalue weighted by Gasteiger charge is -2.11. The van der Waals surface area contributed by atoms with Crippen LogP contribution in [0.3, 0.4) is 0 Å². The summed E-state index contributed by atoms with van der Waals surface area (Å²) in [4.78, 5) is 0. The fourth-order valence-electron chi connectivity index (χ4n) is 1.20. The fourth-order valence-corrected chi connectivity index (χ4v) is 1.28. The Morgan fingerprint density at radius 3 is 3.08 bits per heavy atom.